The van der Waals surface area contributed by atoms with E-state index in [1.807, 2.05) is 72.8 Å². The average molecular weight is 1040 g/mol. The molecule has 0 radical (unpaired) electrons. The minimum atomic E-state index is -0.773. The van der Waals surface area contributed by atoms with Gasteiger partial charge in [0.2, 0.25) is 0 Å². The molecule has 18 heteroatoms. The number of nitrogens with zero attached hydrogens (tertiary/aromatic N) is 2. The number of carbonyl (C=O) groups is 4. The SMILES string of the molecule is COc1c2c(c(OC)c3c1SC(=C(C#N)C(=O)OC1CCC(C(=O)Oc4ccc(Oc5ccccc5)cc4)CC1)S3)SC(=C(C#N)C(=O)OC1CCC(C(=O)Oc3ccc(Oc4ccccc4)cc3)CC1)S2. The molecule has 14 nitrogen and oxygen atoms in total. The third-order valence-corrected chi connectivity index (χ3v) is 17.3. The predicted molar refractivity (Wildman–Crippen MR) is 269 cm³/mol. The monoisotopic (exact) mass is 1040 g/mol. The molecule has 72 heavy (non-hydrogen) atoms. The molecule has 0 amide bonds. The first kappa shape index (κ1) is 50.0. The maximum atomic E-state index is 13.6. The van der Waals surface area contributed by atoms with Crippen LogP contribution in [-0.2, 0) is 28.7 Å². The van der Waals surface area contributed by atoms with Crippen molar-refractivity contribution in [2.75, 3.05) is 14.2 Å². The van der Waals surface area contributed by atoms with E-state index in [1.54, 1.807) is 48.5 Å². The molecule has 2 aliphatic heterocycles. The van der Waals surface area contributed by atoms with E-state index in [0.29, 0.717) is 125 Å². The molecule has 0 atom stereocenters. The van der Waals surface area contributed by atoms with Gasteiger partial charge in [0.25, 0.3) is 0 Å². The largest absolute Gasteiger partial charge is 0.494 e. The summed E-state index contributed by atoms with van der Waals surface area (Å²) in [7, 11) is 2.99. The highest BCUT2D eigenvalue weighted by Crippen LogP contribution is 2.68. The maximum Gasteiger partial charge on any atom is 0.350 e. The molecule has 0 saturated heterocycles. The molecule has 9 rings (SSSR count). The Morgan fingerprint density at radius 2 is 0.750 bits per heavy atom. The van der Waals surface area contributed by atoms with E-state index >= 15 is 0 Å². The van der Waals surface area contributed by atoms with Crippen LogP contribution in [0.5, 0.6) is 46.0 Å². The van der Waals surface area contributed by atoms with Crippen molar-refractivity contribution in [1.29, 1.82) is 10.5 Å². The number of hydrogen-bond acceptors (Lipinski definition) is 18. The second kappa shape index (κ2) is 23.1. The Morgan fingerprint density at radius 1 is 0.444 bits per heavy atom. The summed E-state index contributed by atoms with van der Waals surface area (Å²) in [5.74, 6) is 1.22. The lowest BCUT2D eigenvalue weighted by atomic mass is 9.87. The third kappa shape index (κ3) is 11.5. The van der Waals surface area contributed by atoms with E-state index in [2.05, 4.69) is 0 Å². The zero-order valence-electron chi connectivity index (χ0n) is 38.8. The van der Waals surface area contributed by atoms with E-state index in [9.17, 15) is 29.7 Å². The van der Waals surface area contributed by atoms with Crippen LogP contribution in [0.4, 0.5) is 0 Å². The minimum absolute atomic E-state index is 0.173. The zero-order chi connectivity index (χ0) is 50.1. The van der Waals surface area contributed by atoms with Gasteiger partial charge in [0.05, 0.1) is 54.1 Å². The first-order chi connectivity index (χ1) is 35.1. The zero-order valence-corrected chi connectivity index (χ0v) is 42.1. The predicted octanol–water partition coefficient (Wildman–Crippen LogP) is 12.6. The Morgan fingerprint density at radius 3 is 1.06 bits per heavy atom. The number of rotatable bonds is 14. The van der Waals surface area contributed by atoms with Crippen LogP contribution in [-0.4, -0.2) is 50.3 Å². The number of esters is 4. The summed E-state index contributed by atoms with van der Waals surface area (Å²) in [6.07, 6.45) is 2.45. The van der Waals surface area contributed by atoms with Crippen molar-refractivity contribution >= 4 is 70.9 Å². The lowest BCUT2D eigenvalue weighted by molar-refractivity contribution is -0.149. The first-order valence-electron chi connectivity index (χ1n) is 22.9. The van der Waals surface area contributed by atoms with Gasteiger partial charge in [-0.3, -0.25) is 9.59 Å². The van der Waals surface area contributed by atoms with Crippen molar-refractivity contribution in [2.24, 2.45) is 11.8 Å². The van der Waals surface area contributed by atoms with Gasteiger partial charge in [0, 0.05) is 0 Å². The summed E-state index contributed by atoms with van der Waals surface area (Å²) < 4.78 is 47.3. The van der Waals surface area contributed by atoms with Crippen molar-refractivity contribution in [3.8, 4) is 58.1 Å². The quantitative estimate of drug-likeness (QED) is 0.0441. The first-order valence-corrected chi connectivity index (χ1v) is 26.2. The van der Waals surface area contributed by atoms with Crippen LogP contribution in [0.2, 0.25) is 0 Å². The highest BCUT2D eigenvalue weighted by atomic mass is 32.2. The van der Waals surface area contributed by atoms with Gasteiger partial charge < -0.3 is 37.9 Å². The van der Waals surface area contributed by atoms with Crippen LogP contribution in [0.3, 0.4) is 0 Å². The number of hydrogen-bond donors (Lipinski definition) is 0. The molecule has 0 spiro atoms. The van der Waals surface area contributed by atoms with Crippen LogP contribution in [0.15, 0.2) is 148 Å². The summed E-state index contributed by atoms with van der Waals surface area (Å²) in [4.78, 5) is 55.8. The van der Waals surface area contributed by atoms with Gasteiger partial charge in [0.15, 0.2) is 11.1 Å². The fourth-order valence-corrected chi connectivity index (χ4v) is 13.9. The molecule has 2 aliphatic carbocycles. The number of carbonyl (C=O) groups excluding carboxylic acids is 4. The molecule has 4 aliphatic rings. The van der Waals surface area contributed by atoms with Gasteiger partial charge >= 0.3 is 23.9 Å². The van der Waals surface area contributed by atoms with Crippen molar-refractivity contribution < 1.29 is 57.1 Å². The van der Waals surface area contributed by atoms with E-state index in [4.69, 9.17) is 37.9 Å². The van der Waals surface area contributed by atoms with E-state index in [1.165, 1.54) is 61.3 Å². The number of fused-ring (bicyclic) bond motifs is 2. The van der Waals surface area contributed by atoms with Crippen molar-refractivity contribution in [2.45, 2.75) is 83.2 Å². The summed E-state index contributed by atoms with van der Waals surface area (Å²) in [5, 5.41) is 20.6. The van der Waals surface area contributed by atoms with Crippen LogP contribution >= 0.6 is 47.0 Å². The van der Waals surface area contributed by atoms with Crippen LogP contribution in [0.25, 0.3) is 0 Å². The Labute approximate surface area is 432 Å². The molecule has 5 aromatic rings. The lowest BCUT2D eigenvalue weighted by Gasteiger charge is -2.27. The molecule has 0 aromatic heterocycles. The Kier molecular flexibility index (Phi) is 16.0. The van der Waals surface area contributed by atoms with Gasteiger partial charge in [-0.1, -0.05) is 83.4 Å². The van der Waals surface area contributed by atoms with Gasteiger partial charge in [-0.05, 0) is 124 Å². The Bertz CT molecular complexity index is 2770. The van der Waals surface area contributed by atoms with Gasteiger partial charge in [-0.15, -0.1) is 0 Å². The summed E-state index contributed by atoms with van der Waals surface area (Å²) in [5.41, 5.74) is -0.346. The molecule has 2 saturated carbocycles. The second-order valence-electron chi connectivity index (χ2n) is 16.7. The molecular weight excluding hydrogens is 997 g/mol. The van der Waals surface area contributed by atoms with Crippen molar-refractivity contribution in [3.05, 3.63) is 129 Å². The van der Waals surface area contributed by atoms with Gasteiger partial charge in [0.1, 0.15) is 70.3 Å². The smallest absolute Gasteiger partial charge is 0.350 e. The normalized spacial score (nSPS) is 18.7. The fraction of sp³-hybridized carbons (Fsp3) is 0.259. The minimum Gasteiger partial charge on any atom is -0.494 e. The Balaban J connectivity index is 0.776. The van der Waals surface area contributed by atoms with Crippen molar-refractivity contribution in [1.82, 2.24) is 0 Å². The number of thioether (sulfide) groups is 4. The van der Waals surface area contributed by atoms with Gasteiger partial charge in [-0.25, -0.2) is 9.59 Å². The van der Waals surface area contributed by atoms with E-state index in [-0.39, 0.29) is 34.9 Å². The number of methoxy groups -OCH3 is 2. The molecule has 2 heterocycles. The number of nitriles is 2. The fourth-order valence-electron chi connectivity index (χ4n) is 8.38. The topological polar surface area (TPSA) is 190 Å². The Hall–Kier alpha value is -6.96. The lowest BCUT2D eigenvalue weighted by Crippen LogP contribution is -2.30. The average Bonchev–Trinajstić information content (AvgIpc) is 4.03. The molecule has 0 N–H and O–H groups in total. The summed E-state index contributed by atoms with van der Waals surface area (Å²) in [6.45, 7) is 0. The van der Waals surface area contributed by atoms with E-state index < -0.39 is 24.1 Å². The second-order valence-corrected chi connectivity index (χ2v) is 21.3. The van der Waals surface area contributed by atoms with Gasteiger partial charge in [-0.2, -0.15) is 10.5 Å². The molecule has 0 bridgehead atoms. The van der Waals surface area contributed by atoms with Crippen molar-refractivity contribution in [3.63, 3.8) is 0 Å². The van der Waals surface area contributed by atoms with E-state index in [0.717, 1.165) is 0 Å². The summed E-state index contributed by atoms with van der Waals surface area (Å²) >= 11 is 4.69. The molecule has 0 unspecified atom stereocenters. The van der Waals surface area contributed by atoms with Crippen LogP contribution < -0.4 is 28.4 Å². The standard InChI is InChI=1S/C54H44N2O12S4/c1-61-43-45-47(71-53(69-45)41(29-55)51(59)67-37-17-13-31(14-18-37)49(57)65-39-25-21-35(22-26-39)63-33-9-5-3-6-10-33)44(62-2)48-46(43)70-54(72-48)42(30-56)52(60)68-38-19-15-32(16-20-38)50(58)66-40-27-23-36(24-28-40)64-34-11-7-4-8-12-34/h3-12,21-28,31-32,37-38H,13-20H2,1-2H3. The number of ether oxygens (including phenoxy) is 8. The summed E-state index contributed by atoms with van der Waals surface area (Å²) in [6, 6.07) is 36.4. The highest BCUT2D eigenvalue weighted by molar-refractivity contribution is 8.26. The maximum absolute atomic E-state index is 13.6. The number of benzene rings is 5. The molecule has 366 valence electrons. The van der Waals surface area contributed by atoms with Crippen LogP contribution in [0, 0.1) is 34.5 Å². The number of para-hydroxylation sites is 2. The van der Waals surface area contributed by atoms with Crippen LogP contribution in [0.1, 0.15) is 51.4 Å². The highest BCUT2D eigenvalue weighted by Gasteiger charge is 2.41. The molecular formula is C54H44N2O12S4. The molecule has 2 fully saturated rings. The third-order valence-electron chi connectivity index (χ3n) is 12.1. The molecule has 5 aromatic carbocycles.